The van der Waals surface area contributed by atoms with Crippen LogP contribution >= 0.6 is 34.2 Å². The first-order valence-electron chi connectivity index (χ1n) is 6.71. The van der Waals surface area contributed by atoms with Gasteiger partial charge in [0.1, 0.15) is 0 Å². The molecule has 2 nitrogen and oxygen atoms in total. The summed E-state index contributed by atoms with van der Waals surface area (Å²) in [6.45, 7) is 5.19. The average molecular weight is 401 g/mol. The standard InChI is InChI=1S/C16H18ClIN2/c1-3-6-20-16(13-7-11(2)9-19-10-13)12-4-5-15(18)14(17)8-12/h4-5,7-10,16,20H,3,6H2,1-2H3. The third kappa shape index (κ3) is 3.93. The summed E-state index contributed by atoms with van der Waals surface area (Å²) in [5.41, 5.74) is 3.52. The fourth-order valence-electron chi connectivity index (χ4n) is 2.14. The van der Waals surface area contributed by atoms with Crippen LogP contribution in [0.3, 0.4) is 0 Å². The number of benzene rings is 1. The first-order valence-corrected chi connectivity index (χ1v) is 8.17. The smallest absolute Gasteiger partial charge is 0.0592 e. The third-order valence-corrected chi connectivity index (χ3v) is 4.68. The van der Waals surface area contributed by atoms with Crippen molar-refractivity contribution >= 4 is 34.2 Å². The summed E-state index contributed by atoms with van der Waals surface area (Å²) >= 11 is 8.51. The molecular formula is C16H18ClIN2. The van der Waals surface area contributed by atoms with E-state index in [0.717, 1.165) is 21.6 Å². The zero-order chi connectivity index (χ0) is 14.5. The van der Waals surface area contributed by atoms with Crippen LogP contribution in [0.1, 0.15) is 36.1 Å². The number of hydrogen-bond donors (Lipinski definition) is 1. The Morgan fingerprint density at radius 1 is 1.25 bits per heavy atom. The van der Waals surface area contributed by atoms with Gasteiger partial charge in [0.25, 0.3) is 0 Å². The van der Waals surface area contributed by atoms with Crippen LogP contribution in [0, 0.1) is 10.5 Å². The molecule has 0 saturated carbocycles. The summed E-state index contributed by atoms with van der Waals surface area (Å²) < 4.78 is 1.07. The lowest BCUT2D eigenvalue weighted by Gasteiger charge is -2.20. The van der Waals surface area contributed by atoms with E-state index in [1.165, 1.54) is 16.7 Å². The molecule has 0 saturated heterocycles. The minimum absolute atomic E-state index is 0.136. The number of nitrogens with zero attached hydrogens (tertiary/aromatic N) is 1. The second-order valence-corrected chi connectivity index (χ2v) is 6.43. The van der Waals surface area contributed by atoms with Crippen LogP contribution in [0.15, 0.2) is 36.7 Å². The molecule has 106 valence electrons. The quantitative estimate of drug-likeness (QED) is 0.734. The maximum Gasteiger partial charge on any atom is 0.0592 e. The van der Waals surface area contributed by atoms with Crippen molar-refractivity contribution in [2.24, 2.45) is 0 Å². The fraction of sp³-hybridized carbons (Fsp3) is 0.312. The first-order chi connectivity index (χ1) is 9.61. The average Bonchev–Trinajstić information content (AvgIpc) is 2.43. The van der Waals surface area contributed by atoms with Gasteiger partial charge in [0.15, 0.2) is 0 Å². The monoisotopic (exact) mass is 400 g/mol. The Morgan fingerprint density at radius 2 is 2.05 bits per heavy atom. The molecule has 0 spiro atoms. The van der Waals surface area contributed by atoms with Gasteiger partial charge in [-0.05, 0) is 71.3 Å². The van der Waals surface area contributed by atoms with E-state index in [2.05, 4.69) is 64.9 Å². The van der Waals surface area contributed by atoms with Crippen molar-refractivity contribution in [3.63, 3.8) is 0 Å². The predicted molar refractivity (Wildman–Crippen MR) is 93.3 cm³/mol. The summed E-state index contributed by atoms with van der Waals surface area (Å²) in [5, 5.41) is 4.37. The highest BCUT2D eigenvalue weighted by Crippen LogP contribution is 2.27. The van der Waals surface area contributed by atoms with Crippen molar-refractivity contribution in [3.8, 4) is 0 Å². The molecule has 0 radical (unpaired) electrons. The minimum atomic E-state index is 0.136. The van der Waals surface area contributed by atoms with Crippen LogP contribution in [0.25, 0.3) is 0 Å². The first kappa shape index (κ1) is 15.7. The zero-order valence-corrected chi connectivity index (χ0v) is 14.6. The molecule has 20 heavy (non-hydrogen) atoms. The van der Waals surface area contributed by atoms with Crippen molar-refractivity contribution in [2.45, 2.75) is 26.3 Å². The Bertz CT molecular complexity index is 586. The Hall–Kier alpha value is -0.650. The van der Waals surface area contributed by atoms with Crippen molar-refractivity contribution in [1.29, 1.82) is 0 Å². The number of rotatable bonds is 5. The molecule has 1 N–H and O–H groups in total. The SMILES string of the molecule is CCCNC(c1cncc(C)c1)c1ccc(I)c(Cl)c1. The molecule has 0 aliphatic heterocycles. The third-order valence-electron chi connectivity index (χ3n) is 3.10. The molecule has 0 aliphatic carbocycles. The van der Waals surface area contributed by atoms with Crippen LogP contribution in [0.2, 0.25) is 5.02 Å². The molecule has 0 amide bonds. The Balaban J connectivity index is 2.38. The number of hydrogen-bond acceptors (Lipinski definition) is 2. The van der Waals surface area contributed by atoms with Crippen molar-refractivity contribution in [1.82, 2.24) is 10.3 Å². The fourth-order valence-corrected chi connectivity index (χ4v) is 2.67. The lowest BCUT2D eigenvalue weighted by atomic mass is 9.99. The molecule has 0 fully saturated rings. The van der Waals surface area contributed by atoms with E-state index in [9.17, 15) is 0 Å². The topological polar surface area (TPSA) is 24.9 Å². The van der Waals surface area contributed by atoms with Crippen molar-refractivity contribution < 1.29 is 0 Å². The Morgan fingerprint density at radius 3 is 2.70 bits per heavy atom. The molecule has 4 heteroatoms. The lowest BCUT2D eigenvalue weighted by molar-refractivity contribution is 0.596. The molecule has 0 aliphatic rings. The summed E-state index contributed by atoms with van der Waals surface area (Å²) in [4.78, 5) is 4.30. The maximum absolute atomic E-state index is 6.26. The highest BCUT2D eigenvalue weighted by Gasteiger charge is 2.15. The number of halogens is 2. The van der Waals surface area contributed by atoms with Gasteiger partial charge in [-0.3, -0.25) is 4.98 Å². The Kier molecular flexibility index (Phi) is 5.81. The molecule has 0 bridgehead atoms. The molecule has 1 atom stereocenters. The van der Waals surface area contributed by atoms with E-state index in [0.29, 0.717) is 0 Å². The van der Waals surface area contributed by atoms with Crippen molar-refractivity contribution in [2.75, 3.05) is 6.54 Å². The van der Waals surface area contributed by atoms with E-state index in [1.807, 2.05) is 18.5 Å². The molecule has 2 rings (SSSR count). The molecule has 1 heterocycles. The van der Waals surface area contributed by atoms with Gasteiger partial charge in [-0.1, -0.05) is 30.7 Å². The summed E-state index contributed by atoms with van der Waals surface area (Å²) in [5.74, 6) is 0. The molecule has 1 aromatic heterocycles. The second kappa shape index (κ2) is 7.38. The van der Waals surface area contributed by atoms with E-state index < -0.39 is 0 Å². The largest absolute Gasteiger partial charge is 0.306 e. The number of aromatic nitrogens is 1. The summed E-state index contributed by atoms with van der Waals surface area (Å²) in [7, 11) is 0. The normalized spacial score (nSPS) is 12.4. The lowest BCUT2D eigenvalue weighted by Crippen LogP contribution is -2.23. The molecular weight excluding hydrogens is 383 g/mol. The summed E-state index contributed by atoms with van der Waals surface area (Å²) in [6.07, 6.45) is 4.89. The predicted octanol–water partition coefficient (Wildman–Crippen LogP) is 4.74. The van der Waals surface area contributed by atoms with E-state index in [4.69, 9.17) is 11.6 Å². The maximum atomic E-state index is 6.26. The van der Waals surface area contributed by atoms with Gasteiger partial charge in [-0.2, -0.15) is 0 Å². The van der Waals surface area contributed by atoms with Gasteiger partial charge in [0.2, 0.25) is 0 Å². The van der Waals surface area contributed by atoms with Gasteiger partial charge in [0.05, 0.1) is 11.1 Å². The second-order valence-electron chi connectivity index (χ2n) is 4.86. The van der Waals surface area contributed by atoms with Crippen LogP contribution in [-0.2, 0) is 0 Å². The van der Waals surface area contributed by atoms with Crippen LogP contribution in [0.5, 0.6) is 0 Å². The van der Waals surface area contributed by atoms with Crippen LogP contribution < -0.4 is 5.32 Å². The minimum Gasteiger partial charge on any atom is -0.306 e. The van der Waals surface area contributed by atoms with E-state index >= 15 is 0 Å². The molecule has 1 unspecified atom stereocenters. The Labute approximate surface area is 139 Å². The van der Waals surface area contributed by atoms with E-state index in [1.54, 1.807) is 0 Å². The summed E-state index contributed by atoms with van der Waals surface area (Å²) in [6, 6.07) is 8.54. The van der Waals surface area contributed by atoms with Crippen molar-refractivity contribution in [3.05, 3.63) is 61.9 Å². The van der Waals surface area contributed by atoms with Gasteiger partial charge in [-0.15, -0.1) is 0 Å². The van der Waals surface area contributed by atoms with Crippen LogP contribution in [0.4, 0.5) is 0 Å². The van der Waals surface area contributed by atoms with Gasteiger partial charge in [-0.25, -0.2) is 0 Å². The highest BCUT2D eigenvalue weighted by molar-refractivity contribution is 14.1. The van der Waals surface area contributed by atoms with Gasteiger partial charge >= 0.3 is 0 Å². The number of pyridine rings is 1. The zero-order valence-electron chi connectivity index (χ0n) is 11.7. The van der Waals surface area contributed by atoms with E-state index in [-0.39, 0.29) is 6.04 Å². The molecule has 2 aromatic rings. The van der Waals surface area contributed by atoms with Gasteiger partial charge in [0, 0.05) is 16.0 Å². The van der Waals surface area contributed by atoms with Crippen LogP contribution in [-0.4, -0.2) is 11.5 Å². The highest BCUT2D eigenvalue weighted by atomic mass is 127. The number of nitrogens with one attached hydrogen (secondary N) is 1. The number of aryl methyl sites for hydroxylation is 1. The van der Waals surface area contributed by atoms with Gasteiger partial charge < -0.3 is 5.32 Å². The molecule has 1 aromatic carbocycles.